The topological polar surface area (TPSA) is 55.5 Å². The maximum Gasteiger partial charge on any atom is 0.154 e. The van der Waals surface area contributed by atoms with E-state index in [1.165, 1.54) is 11.8 Å². The van der Waals surface area contributed by atoms with Crippen molar-refractivity contribution in [3.05, 3.63) is 72.4 Å². The van der Waals surface area contributed by atoms with E-state index < -0.39 is 5.82 Å². The van der Waals surface area contributed by atoms with Crippen molar-refractivity contribution in [1.29, 1.82) is 0 Å². The quantitative estimate of drug-likeness (QED) is 0.442. The number of rotatable bonds is 8. The molecule has 0 atom stereocenters. The fraction of sp³-hybridized carbons (Fsp3) is 0.261. The molecule has 0 saturated heterocycles. The first-order chi connectivity index (χ1) is 14.7. The molecule has 30 heavy (non-hydrogen) atoms. The van der Waals surface area contributed by atoms with Crippen LogP contribution in [0.25, 0.3) is 28.2 Å². The Morgan fingerprint density at radius 1 is 1.07 bits per heavy atom. The van der Waals surface area contributed by atoms with Crippen LogP contribution < -0.4 is 0 Å². The molecular formula is C23H24FN5O. The third-order valence-corrected chi connectivity index (χ3v) is 5.13. The summed E-state index contributed by atoms with van der Waals surface area (Å²) in [4.78, 5) is 10.6. The van der Waals surface area contributed by atoms with Crippen LogP contribution in [0.3, 0.4) is 0 Å². The second-order valence-electron chi connectivity index (χ2n) is 7.05. The maximum atomic E-state index is 14.1. The fourth-order valence-corrected chi connectivity index (χ4v) is 3.41. The SMILES string of the molecule is CCN(CCOC)Cc1ccc(-c2cnc3ccc(-c4ccncc4F)nn23)cc1. The number of benzene rings is 1. The van der Waals surface area contributed by atoms with E-state index in [0.717, 1.165) is 37.5 Å². The van der Waals surface area contributed by atoms with Gasteiger partial charge in [0, 0.05) is 37.5 Å². The van der Waals surface area contributed by atoms with Gasteiger partial charge in [-0.2, -0.15) is 5.10 Å². The van der Waals surface area contributed by atoms with Gasteiger partial charge < -0.3 is 4.74 Å². The highest BCUT2D eigenvalue weighted by Crippen LogP contribution is 2.24. The molecule has 0 aliphatic rings. The lowest BCUT2D eigenvalue weighted by Crippen LogP contribution is -2.26. The van der Waals surface area contributed by atoms with Gasteiger partial charge in [0.25, 0.3) is 0 Å². The van der Waals surface area contributed by atoms with E-state index in [1.54, 1.807) is 36.2 Å². The van der Waals surface area contributed by atoms with Gasteiger partial charge in [0.15, 0.2) is 11.5 Å². The van der Waals surface area contributed by atoms with Crippen LogP contribution in [0.2, 0.25) is 0 Å². The van der Waals surface area contributed by atoms with Crippen LogP contribution in [-0.4, -0.2) is 51.3 Å². The lowest BCUT2D eigenvalue weighted by Gasteiger charge is -2.20. The number of imidazole rings is 1. The highest BCUT2D eigenvalue weighted by Gasteiger charge is 2.12. The summed E-state index contributed by atoms with van der Waals surface area (Å²) in [6, 6.07) is 13.6. The first-order valence-electron chi connectivity index (χ1n) is 9.95. The van der Waals surface area contributed by atoms with Gasteiger partial charge in [-0.1, -0.05) is 31.2 Å². The summed E-state index contributed by atoms with van der Waals surface area (Å²) < 4.78 is 21.1. The van der Waals surface area contributed by atoms with Crippen molar-refractivity contribution in [2.45, 2.75) is 13.5 Å². The van der Waals surface area contributed by atoms with Crippen LogP contribution in [0.4, 0.5) is 4.39 Å². The molecule has 0 N–H and O–H groups in total. The smallest absolute Gasteiger partial charge is 0.154 e. The summed E-state index contributed by atoms with van der Waals surface area (Å²) >= 11 is 0. The maximum absolute atomic E-state index is 14.1. The minimum absolute atomic E-state index is 0.399. The zero-order chi connectivity index (χ0) is 20.9. The third-order valence-electron chi connectivity index (χ3n) is 5.13. The molecule has 0 spiro atoms. The molecule has 0 bridgehead atoms. The number of halogens is 1. The van der Waals surface area contributed by atoms with E-state index in [4.69, 9.17) is 4.74 Å². The van der Waals surface area contributed by atoms with Crippen LogP contribution in [0.1, 0.15) is 12.5 Å². The molecule has 0 aliphatic carbocycles. The number of hydrogen-bond donors (Lipinski definition) is 0. The van der Waals surface area contributed by atoms with E-state index in [1.807, 2.05) is 6.07 Å². The Hall–Kier alpha value is -3.16. The lowest BCUT2D eigenvalue weighted by molar-refractivity contribution is 0.147. The Bertz CT molecular complexity index is 1130. The number of aromatic nitrogens is 4. The predicted octanol–water partition coefficient (Wildman–Crippen LogP) is 4.07. The van der Waals surface area contributed by atoms with Crippen molar-refractivity contribution < 1.29 is 9.13 Å². The van der Waals surface area contributed by atoms with Crippen LogP contribution >= 0.6 is 0 Å². The van der Waals surface area contributed by atoms with E-state index in [-0.39, 0.29) is 0 Å². The summed E-state index contributed by atoms with van der Waals surface area (Å²) in [5.41, 5.74) is 4.76. The lowest BCUT2D eigenvalue weighted by atomic mass is 10.1. The average molecular weight is 405 g/mol. The van der Waals surface area contributed by atoms with Gasteiger partial charge in [0.05, 0.1) is 30.4 Å². The number of pyridine rings is 1. The third kappa shape index (κ3) is 4.22. The van der Waals surface area contributed by atoms with Gasteiger partial charge in [-0.25, -0.2) is 13.9 Å². The minimum Gasteiger partial charge on any atom is -0.383 e. The van der Waals surface area contributed by atoms with Crippen molar-refractivity contribution >= 4 is 5.65 Å². The molecule has 0 amide bonds. The Labute approximate surface area is 175 Å². The molecule has 4 aromatic rings. The van der Waals surface area contributed by atoms with Crippen LogP contribution in [0.5, 0.6) is 0 Å². The number of likely N-dealkylation sites (N-methyl/N-ethyl adjacent to an activating group) is 1. The first-order valence-corrected chi connectivity index (χ1v) is 9.95. The molecule has 0 fully saturated rings. The standard InChI is InChI=1S/C23H24FN5O/c1-3-28(12-13-30-2)16-17-4-6-18(7-5-17)22-15-26-23-9-8-21(27-29(22)23)19-10-11-25-14-20(19)24/h4-11,14-15H,3,12-13,16H2,1-2H3. The van der Waals surface area contributed by atoms with E-state index in [9.17, 15) is 4.39 Å². The molecule has 1 aromatic carbocycles. The van der Waals surface area contributed by atoms with Crippen LogP contribution in [-0.2, 0) is 11.3 Å². The fourth-order valence-electron chi connectivity index (χ4n) is 3.41. The Balaban J connectivity index is 1.61. The summed E-state index contributed by atoms with van der Waals surface area (Å²) in [6.07, 6.45) is 4.55. The monoisotopic (exact) mass is 405 g/mol. The second-order valence-corrected chi connectivity index (χ2v) is 7.05. The van der Waals surface area contributed by atoms with Gasteiger partial charge in [0.1, 0.15) is 0 Å². The van der Waals surface area contributed by atoms with Gasteiger partial charge >= 0.3 is 0 Å². The Kier molecular flexibility index (Phi) is 6.11. The molecule has 3 aromatic heterocycles. The number of hydrogen-bond acceptors (Lipinski definition) is 5. The summed E-state index contributed by atoms with van der Waals surface area (Å²) in [5, 5.41) is 4.62. The number of fused-ring (bicyclic) bond motifs is 1. The van der Waals surface area contributed by atoms with Crippen molar-refractivity contribution in [3.8, 4) is 22.5 Å². The molecule has 0 aliphatic heterocycles. The van der Waals surface area contributed by atoms with Crippen LogP contribution in [0.15, 0.2) is 61.1 Å². The van der Waals surface area contributed by atoms with Crippen molar-refractivity contribution in [2.75, 3.05) is 26.8 Å². The van der Waals surface area contributed by atoms with Crippen molar-refractivity contribution in [1.82, 2.24) is 24.5 Å². The van der Waals surface area contributed by atoms with Crippen molar-refractivity contribution in [3.63, 3.8) is 0 Å². The molecule has 7 heteroatoms. The average Bonchev–Trinajstić information content (AvgIpc) is 3.20. The number of nitrogens with zero attached hydrogens (tertiary/aromatic N) is 5. The van der Waals surface area contributed by atoms with Gasteiger partial charge in [-0.3, -0.25) is 9.88 Å². The Morgan fingerprint density at radius 2 is 1.90 bits per heavy atom. The van der Waals surface area contributed by atoms with Gasteiger partial charge in [-0.05, 0) is 30.3 Å². The molecule has 3 heterocycles. The molecule has 0 saturated carbocycles. The summed E-state index contributed by atoms with van der Waals surface area (Å²) in [6.45, 7) is 5.62. The Morgan fingerprint density at radius 3 is 2.63 bits per heavy atom. The van der Waals surface area contributed by atoms with Crippen molar-refractivity contribution in [2.24, 2.45) is 0 Å². The zero-order valence-electron chi connectivity index (χ0n) is 17.1. The highest BCUT2D eigenvalue weighted by molar-refractivity contribution is 5.66. The molecule has 154 valence electrons. The van der Waals surface area contributed by atoms with Crippen LogP contribution in [0, 0.1) is 5.82 Å². The number of methoxy groups -OCH3 is 1. The second kappa shape index (κ2) is 9.11. The molecular weight excluding hydrogens is 381 g/mol. The predicted molar refractivity (Wildman–Crippen MR) is 114 cm³/mol. The van der Waals surface area contributed by atoms with E-state index >= 15 is 0 Å². The highest BCUT2D eigenvalue weighted by atomic mass is 19.1. The summed E-state index contributed by atoms with van der Waals surface area (Å²) in [7, 11) is 1.72. The minimum atomic E-state index is -0.399. The van der Waals surface area contributed by atoms with E-state index in [2.05, 4.69) is 51.2 Å². The van der Waals surface area contributed by atoms with Gasteiger partial charge in [0.2, 0.25) is 0 Å². The number of ether oxygens (including phenoxy) is 1. The molecule has 0 radical (unpaired) electrons. The largest absolute Gasteiger partial charge is 0.383 e. The summed E-state index contributed by atoms with van der Waals surface area (Å²) in [5.74, 6) is -0.399. The molecule has 6 nitrogen and oxygen atoms in total. The van der Waals surface area contributed by atoms with Gasteiger partial charge in [-0.15, -0.1) is 0 Å². The normalized spacial score (nSPS) is 11.5. The zero-order valence-corrected chi connectivity index (χ0v) is 17.1. The van der Waals surface area contributed by atoms with E-state index in [0.29, 0.717) is 16.9 Å². The first kappa shape index (κ1) is 20.1. The molecule has 0 unspecified atom stereocenters. The molecule has 4 rings (SSSR count).